The largest absolute Gasteiger partial charge is 0.326 e. The number of aryl methyl sites for hydroxylation is 4. The number of rotatable bonds is 3. The molecular weight excluding hydrogens is 234 g/mol. The Kier molecular flexibility index (Phi) is 3.76. The molecule has 0 saturated heterocycles. The van der Waals surface area contributed by atoms with Crippen LogP contribution in [0.5, 0.6) is 0 Å². The van der Waals surface area contributed by atoms with Gasteiger partial charge in [-0.3, -0.25) is 4.68 Å². The summed E-state index contributed by atoms with van der Waals surface area (Å²) in [6.45, 7) is 12.0. The van der Waals surface area contributed by atoms with E-state index in [0.29, 0.717) is 6.54 Å². The lowest BCUT2D eigenvalue weighted by atomic mass is 10.00. The van der Waals surface area contributed by atoms with Crippen LogP contribution in [0.25, 0.3) is 0 Å². The van der Waals surface area contributed by atoms with Crippen LogP contribution < -0.4 is 5.73 Å². The number of hydrogen-bond acceptors (Lipinski definition) is 2. The lowest BCUT2D eigenvalue weighted by Gasteiger charge is -2.13. The van der Waals surface area contributed by atoms with E-state index in [-0.39, 0.29) is 0 Å². The van der Waals surface area contributed by atoms with Gasteiger partial charge in [0.2, 0.25) is 0 Å². The van der Waals surface area contributed by atoms with Gasteiger partial charge in [0.25, 0.3) is 0 Å². The van der Waals surface area contributed by atoms with Gasteiger partial charge in [-0.15, -0.1) is 0 Å². The van der Waals surface area contributed by atoms with Crippen LogP contribution in [-0.4, -0.2) is 9.78 Å². The predicted molar refractivity (Wildman–Crippen MR) is 79.3 cm³/mol. The zero-order valence-corrected chi connectivity index (χ0v) is 12.5. The van der Waals surface area contributed by atoms with Crippen LogP contribution >= 0.6 is 0 Å². The van der Waals surface area contributed by atoms with Gasteiger partial charge in [-0.2, -0.15) is 5.10 Å². The normalized spacial score (nSPS) is 11.1. The van der Waals surface area contributed by atoms with E-state index in [1.165, 1.54) is 33.5 Å². The van der Waals surface area contributed by atoms with Gasteiger partial charge >= 0.3 is 0 Å². The molecule has 0 saturated carbocycles. The van der Waals surface area contributed by atoms with Crippen molar-refractivity contribution in [2.24, 2.45) is 5.73 Å². The molecule has 0 aliphatic rings. The molecule has 2 N–H and O–H groups in total. The first kappa shape index (κ1) is 13.8. The molecule has 0 aliphatic heterocycles. The molecule has 0 spiro atoms. The zero-order chi connectivity index (χ0) is 14.2. The topological polar surface area (TPSA) is 43.8 Å². The molecule has 1 aromatic carbocycles. The summed E-state index contributed by atoms with van der Waals surface area (Å²) in [5.41, 5.74) is 14.5. The van der Waals surface area contributed by atoms with E-state index in [2.05, 4.69) is 49.6 Å². The van der Waals surface area contributed by atoms with Crippen molar-refractivity contribution in [3.63, 3.8) is 0 Å². The van der Waals surface area contributed by atoms with Gasteiger partial charge in [-0.05, 0) is 51.3 Å². The van der Waals surface area contributed by atoms with Crippen molar-refractivity contribution in [1.29, 1.82) is 0 Å². The molecule has 0 amide bonds. The number of benzene rings is 1. The van der Waals surface area contributed by atoms with Crippen molar-refractivity contribution in [3.8, 4) is 0 Å². The molecule has 102 valence electrons. The molecular formula is C16H23N3. The molecule has 3 heteroatoms. The molecule has 2 aromatic rings. The monoisotopic (exact) mass is 257 g/mol. The summed E-state index contributed by atoms with van der Waals surface area (Å²) in [6, 6.07) is 4.47. The van der Waals surface area contributed by atoms with Gasteiger partial charge in [0.05, 0.1) is 12.2 Å². The molecule has 0 radical (unpaired) electrons. The molecule has 0 atom stereocenters. The zero-order valence-electron chi connectivity index (χ0n) is 12.5. The highest BCUT2D eigenvalue weighted by Crippen LogP contribution is 2.20. The first-order chi connectivity index (χ1) is 8.93. The Balaban J connectivity index is 2.42. The smallest absolute Gasteiger partial charge is 0.0667 e. The summed E-state index contributed by atoms with van der Waals surface area (Å²) in [5, 5.41) is 4.62. The van der Waals surface area contributed by atoms with Crippen molar-refractivity contribution in [3.05, 3.63) is 51.3 Å². The number of aromatic nitrogens is 2. The molecule has 3 nitrogen and oxygen atoms in total. The lowest BCUT2D eigenvalue weighted by molar-refractivity contribution is 0.653. The summed E-state index contributed by atoms with van der Waals surface area (Å²) < 4.78 is 2.07. The van der Waals surface area contributed by atoms with Crippen molar-refractivity contribution >= 4 is 0 Å². The van der Waals surface area contributed by atoms with E-state index in [9.17, 15) is 0 Å². The molecule has 0 bridgehead atoms. The standard InChI is InChI=1S/C16H23N3/c1-10-6-11(2)16(12(3)7-10)9-19-14(5)15(8-17)13(4)18-19/h6-7H,8-9,17H2,1-5H3. The highest BCUT2D eigenvalue weighted by molar-refractivity contribution is 5.38. The van der Waals surface area contributed by atoms with Crippen molar-refractivity contribution in [2.45, 2.75) is 47.7 Å². The van der Waals surface area contributed by atoms with E-state index in [1.54, 1.807) is 0 Å². The second kappa shape index (κ2) is 5.17. The van der Waals surface area contributed by atoms with Crippen LogP contribution in [-0.2, 0) is 13.1 Å². The number of nitrogens with zero attached hydrogens (tertiary/aromatic N) is 2. The maximum absolute atomic E-state index is 5.78. The molecule has 0 aliphatic carbocycles. The average molecular weight is 257 g/mol. The minimum atomic E-state index is 0.559. The van der Waals surface area contributed by atoms with Crippen LogP contribution in [0.15, 0.2) is 12.1 Å². The van der Waals surface area contributed by atoms with E-state index in [1.807, 2.05) is 6.92 Å². The average Bonchev–Trinajstić information content (AvgIpc) is 2.58. The van der Waals surface area contributed by atoms with Gasteiger partial charge in [0.1, 0.15) is 0 Å². The molecule has 2 rings (SSSR count). The number of nitrogens with two attached hydrogens (primary N) is 1. The fourth-order valence-electron chi connectivity index (χ4n) is 2.79. The van der Waals surface area contributed by atoms with Crippen LogP contribution in [0.2, 0.25) is 0 Å². The Bertz CT molecular complexity index is 586. The first-order valence-corrected chi connectivity index (χ1v) is 6.73. The number of hydrogen-bond donors (Lipinski definition) is 1. The Morgan fingerprint density at radius 1 is 1.00 bits per heavy atom. The Labute approximate surface area is 115 Å². The maximum atomic E-state index is 5.78. The van der Waals surface area contributed by atoms with E-state index >= 15 is 0 Å². The van der Waals surface area contributed by atoms with E-state index < -0.39 is 0 Å². The summed E-state index contributed by atoms with van der Waals surface area (Å²) in [4.78, 5) is 0. The van der Waals surface area contributed by atoms with Gasteiger partial charge in [0, 0.05) is 17.8 Å². The minimum absolute atomic E-state index is 0.559. The third kappa shape index (κ3) is 2.56. The third-order valence-corrected chi connectivity index (χ3v) is 3.88. The van der Waals surface area contributed by atoms with Gasteiger partial charge in [-0.1, -0.05) is 17.7 Å². The molecule has 0 unspecified atom stereocenters. The highest BCUT2D eigenvalue weighted by atomic mass is 15.3. The van der Waals surface area contributed by atoms with Gasteiger partial charge < -0.3 is 5.73 Å². The summed E-state index contributed by atoms with van der Waals surface area (Å²) in [7, 11) is 0. The predicted octanol–water partition coefficient (Wildman–Crippen LogP) is 2.93. The van der Waals surface area contributed by atoms with Crippen molar-refractivity contribution in [2.75, 3.05) is 0 Å². The van der Waals surface area contributed by atoms with Crippen molar-refractivity contribution < 1.29 is 0 Å². The molecule has 1 heterocycles. The fraction of sp³-hybridized carbons (Fsp3) is 0.438. The highest BCUT2D eigenvalue weighted by Gasteiger charge is 2.12. The summed E-state index contributed by atoms with van der Waals surface area (Å²) in [6.07, 6.45) is 0. The quantitative estimate of drug-likeness (QED) is 0.918. The molecule has 0 fully saturated rings. The first-order valence-electron chi connectivity index (χ1n) is 6.73. The van der Waals surface area contributed by atoms with Gasteiger partial charge in [-0.25, -0.2) is 0 Å². The Morgan fingerprint density at radius 3 is 2.05 bits per heavy atom. The van der Waals surface area contributed by atoms with E-state index in [0.717, 1.165) is 12.2 Å². The van der Waals surface area contributed by atoms with E-state index in [4.69, 9.17) is 5.73 Å². The SMILES string of the molecule is Cc1cc(C)c(Cn2nc(C)c(CN)c2C)c(C)c1. The van der Waals surface area contributed by atoms with Crippen LogP contribution in [0.1, 0.15) is 39.2 Å². The van der Waals surface area contributed by atoms with Crippen LogP contribution in [0.3, 0.4) is 0 Å². The maximum Gasteiger partial charge on any atom is 0.0667 e. The fourth-order valence-corrected chi connectivity index (χ4v) is 2.79. The van der Waals surface area contributed by atoms with Crippen molar-refractivity contribution in [1.82, 2.24) is 9.78 Å². The van der Waals surface area contributed by atoms with Crippen LogP contribution in [0, 0.1) is 34.6 Å². The molecule has 1 aromatic heterocycles. The Morgan fingerprint density at radius 2 is 1.58 bits per heavy atom. The summed E-state index contributed by atoms with van der Waals surface area (Å²) in [5.74, 6) is 0. The Hall–Kier alpha value is -1.61. The second-order valence-corrected chi connectivity index (χ2v) is 5.39. The van der Waals surface area contributed by atoms with Crippen LogP contribution in [0.4, 0.5) is 0 Å². The third-order valence-electron chi connectivity index (χ3n) is 3.88. The molecule has 19 heavy (non-hydrogen) atoms. The summed E-state index contributed by atoms with van der Waals surface area (Å²) >= 11 is 0. The minimum Gasteiger partial charge on any atom is -0.326 e. The second-order valence-electron chi connectivity index (χ2n) is 5.39. The van der Waals surface area contributed by atoms with Gasteiger partial charge in [0.15, 0.2) is 0 Å². The lowest BCUT2D eigenvalue weighted by Crippen LogP contribution is -2.08.